The Balaban J connectivity index is 1.73. The predicted molar refractivity (Wildman–Crippen MR) is 96.6 cm³/mol. The molecule has 0 saturated heterocycles. The van der Waals surface area contributed by atoms with Crippen molar-refractivity contribution in [2.24, 2.45) is 0 Å². The van der Waals surface area contributed by atoms with Crippen LogP contribution in [0.5, 0.6) is 5.75 Å². The van der Waals surface area contributed by atoms with Crippen molar-refractivity contribution in [1.82, 2.24) is 0 Å². The highest BCUT2D eigenvalue weighted by molar-refractivity contribution is 5.84. The summed E-state index contributed by atoms with van der Waals surface area (Å²) in [4.78, 5) is 11.7. The fraction of sp³-hybridized carbons (Fsp3) is 0.350. The van der Waals surface area contributed by atoms with E-state index >= 15 is 0 Å². The van der Waals surface area contributed by atoms with Gasteiger partial charge in [0.2, 0.25) is 0 Å². The van der Waals surface area contributed by atoms with Crippen LogP contribution >= 0.6 is 0 Å². The number of benzene rings is 2. The lowest BCUT2D eigenvalue weighted by molar-refractivity contribution is 0.0636. The van der Waals surface area contributed by atoms with E-state index in [2.05, 4.69) is 17.4 Å². The summed E-state index contributed by atoms with van der Waals surface area (Å²) >= 11 is 0. The minimum Gasteiger partial charge on any atom is -0.494 e. The first-order valence-electron chi connectivity index (χ1n) is 8.19. The summed E-state index contributed by atoms with van der Waals surface area (Å²) in [5.74, 6) is 0.790. The third-order valence-corrected chi connectivity index (χ3v) is 3.22. The van der Waals surface area contributed by atoms with Crippen molar-refractivity contribution >= 4 is 11.8 Å². The maximum Gasteiger partial charge on any atom is 0.412 e. The van der Waals surface area contributed by atoms with Gasteiger partial charge in [-0.05, 0) is 63.4 Å². The van der Waals surface area contributed by atoms with Gasteiger partial charge in [0.1, 0.15) is 11.4 Å². The summed E-state index contributed by atoms with van der Waals surface area (Å²) in [6.45, 7) is 6.16. The van der Waals surface area contributed by atoms with Crippen molar-refractivity contribution in [3.05, 3.63) is 60.2 Å². The average molecular weight is 327 g/mol. The molecule has 0 aliphatic heterocycles. The van der Waals surface area contributed by atoms with Crippen LogP contribution in [0.15, 0.2) is 54.6 Å². The molecule has 0 atom stereocenters. The Labute approximate surface area is 143 Å². The second-order valence-corrected chi connectivity index (χ2v) is 6.59. The zero-order chi connectivity index (χ0) is 17.4. The van der Waals surface area contributed by atoms with Crippen LogP contribution in [0.4, 0.5) is 10.5 Å². The second kappa shape index (κ2) is 8.39. The van der Waals surface area contributed by atoms with Gasteiger partial charge in [0, 0.05) is 5.69 Å². The van der Waals surface area contributed by atoms with Gasteiger partial charge in [-0.25, -0.2) is 4.79 Å². The zero-order valence-electron chi connectivity index (χ0n) is 14.5. The molecule has 0 spiro atoms. The lowest BCUT2D eigenvalue weighted by Crippen LogP contribution is -2.27. The van der Waals surface area contributed by atoms with Crippen molar-refractivity contribution in [2.75, 3.05) is 11.9 Å². The lowest BCUT2D eigenvalue weighted by Gasteiger charge is -2.19. The fourth-order valence-electron chi connectivity index (χ4n) is 2.17. The number of aryl methyl sites for hydroxylation is 1. The molecular formula is C20H25NO3. The molecule has 1 amide bonds. The van der Waals surface area contributed by atoms with E-state index in [1.165, 1.54) is 5.56 Å². The van der Waals surface area contributed by atoms with E-state index in [-0.39, 0.29) is 0 Å². The molecule has 0 aliphatic rings. The molecule has 0 aromatic heterocycles. The molecule has 0 bridgehead atoms. The Bertz CT molecular complexity index is 630. The van der Waals surface area contributed by atoms with Crippen molar-refractivity contribution in [3.63, 3.8) is 0 Å². The molecular weight excluding hydrogens is 302 g/mol. The Morgan fingerprint density at radius 2 is 1.67 bits per heavy atom. The number of ether oxygens (including phenoxy) is 2. The number of anilines is 1. The molecule has 2 aromatic rings. The maximum absolute atomic E-state index is 11.7. The van der Waals surface area contributed by atoms with Crippen molar-refractivity contribution in [1.29, 1.82) is 0 Å². The van der Waals surface area contributed by atoms with Gasteiger partial charge >= 0.3 is 6.09 Å². The summed E-state index contributed by atoms with van der Waals surface area (Å²) in [6, 6.07) is 17.7. The Hall–Kier alpha value is -2.49. The normalized spacial score (nSPS) is 11.0. The molecule has 0 unspecified atom stereocenters. The first-order valence-corrected chi connectivity index (χ1v) is 8.19. The first kappa shape index (κ1) is 17.9. The summed E-state index contributed by atoms with van der Waals surface area (Å²) < 4.78 is 10.9. The van der Waals surface area contributed by atoms with Gasteiger partial charge in [0.15, 0.2) is 0 Å². The molecule has 4 heteroatoms. The molecule has 0 fully saturated rings. The van der Waals surface area contributed by atoms with E-state index in [0.717, 1.165) is 18.6 Å². The van der Waals surface area contributed by atoms with Gasteiger partial charge in [-0.3, -0.25) is 5.32 Å². The third-order valence-electron chi connectivity index (χ3n) is 3.22. The van der Waals surface area contributed by atoms with Gasteiger partial charge in [-0.15, -0.1) is 0 Å². The van der Waals surface area contributed by atoms with Crippen molar-refractivity contribution in [2.45, 2.75) is 39.2 Å². The minimum atomic E-state index is -0.508. The monoisotopic (exact) mass is 327 g/mol. The SMILES string of the molecule is CC(C)(C)OC(=O)Nc1ccc(OCCCc2ccccc2)cc1. The highest BCUT2D eigenvalue weighted by atomic mass is 16.6. The van der Waals surface area contributed by atoms with E-state index in [1.807, 2.05) is 51.1 Å². The molecule has 0 radical (unpaired) electrons. The molecule has 0 saturated carbocycles. The van der Waals surface area contributed by atoms with Crippen LogP contribution in [0.1, 0.15) is 32.8 Å². The van der Waals surface area contributed by atoms with Crippen LogP contribution in [0, 0.1) is 0 Å². The van der Waals surface area contributed by atoms with Gasteiger partial charge in [0.25, 0.3) is 0 Å². The van der Waals surface area contributed by atoms with Crippen LogP contribution in [-0.4, -0.2) is 18.3 Å². The van der Waals surface area contributed by atoms with Crippen molar-refractivity contribution in [3.8, 4) is 5.75 Å². The predicted octanol–water partition coefficient (Wildman–Crippen LogP) is 5.05. The molecule has 0 aliphatic carbocycles. The summed E-state index contributed by atoms with van der Waals surface area (Å²) in [5, 5.41) is 2.70. The minimum absolute atomic E-state index is 0.459. The molecule has 1 N–H and O–H groups in total. The molecule has 4 nitrogen and oxygen atoms in total. The number of carbonyl (C=O) groups excluding carboxylic acids is 1. The first-order chi connectivity index (χ1) is 11.4. The van der Waals surface area contributed by atoms with Gasteiger partial charge in [0.05, 0.1) is 6.61 Å². The Morgan fingerprint density at radius 3 is 2.29 bits per heavy atom. The number of hydrogen-bond acceptors (Lipinski definition) is 3. The molecule has 24 heavy (non-hydrogen) atoms. The molecule has 0 heterocycles. The Kier molecular flexibility index (Phi) is 6.24. The topological polar surface area (TPSA) is 47.6 Å². The quantitative estimate of drug-likeness (QED) is 0.756. The molecule has 128 valence electrons. The molecule has 2 rings (SSSR count). The van der Waals surface area contributed by atoms with E-state index < -0.39 is 11.7 Å². The van der Waals surface area contributed by atoms with Crippen LogP contribution in [-0.2, 0) is 11.2 Å². The number of carbonyl (C=O) groups is 1. The molecule has 2 aromatic carbocycles. The number of rotatable bonds is 6. The van der Waals surface area contributed by atoms with Crippen molar-refractivity contribution < 1.29 is 14.3 Å². The van der Waals surface area contributed by atoms with E-state index in [9.17, 15) is 4.79 Å². The number of nitrogens with one attached hydrogen (secondary N) is 1. The highest BCUT2D eigenvalue weighted by Gasteiger charge is 2.16. The number of amides is 1. The standard InChI is InChI=1S/C20H25NO3/c1-20(2,3)24-19(22)21-17-11-13-18(14-12-17)23-15-7-10-16-8-5-4-6-9-16/h4-6,8-9,11-14H,7,10,15H2,1-3H3,(H,21,22). The van der Waals surface area contributed by atoms with E-state index in [0.29, 0.717) is 12.3 Å². The van der Waals surface area contributed by atoms with E-state index in [4.69, 9.17) is 9.47 Å². The van der Waals surface area contributed by atoms with Crippen LogP contribution < -0.4 is 10.1 Å². The average Bonchev–Trinajstić information content (AvgIpc) is 2.52. The fourth-order valence-corrected chi connectivity index (χ4v) is 2.17. The summed E-state index contributed by atoms with van der Waals surface area (Å²) in [6.07, 6.45) is 1.50. The van der Waals surface area contributed by atoms with Crippen LogP contribution in [0.25, 0.3) is 0 Å². The lowest BCUT2D eigenvalue weighted by atomic mass is 10.1. The zero-order valence-corrected chi connectivity index (χ0v) is 14.5. The number of hydrogen-bond donors (Lipinski definition) is 1. The highest BCUT2D eigenvalue weighted by Crippen LogP contribution is 2.17. The maximum atomic E-state index is 11.7. The van der Waals surface area contributed by atoms with Gasteiger partial charge < -0.3 is 9.47 Å². The van der Waals surface area contributed by atoms with Gasteiger partial charge in [-0.2, -0.15) is 0 Å². The van der Waals surface area contributed by atoms with E-state index in [1.54, 1.807) is 12.1 Å². The van der Waals surface area contributed by atoms with Crippen LogP contribution in [0.2, 0.25) is 0 Å². The third kappa shape index (κ3) is 6.73. The smallest absolute Gasteiger partial charge is 0.412 e. The van der Waals surface area contributed by atoms with Crippen LogP contribution in [0.3, 0.4) is 0 Å². The van der Waals surface area contributed by atoms with Gasteiger partial charge in [-0.1, -0.05) is 30.3 Å². The second-order valence-electron chi connectivity index (χ2n) is 6.59. The summed E-state index contributed by atoms with van der Waals surface area (Å²) in [5.41, 5.74) is 1.49. The summed E-state index contributed by atoms with van der Waals surface area (Å²) in [7, 11) is 0. The Morgan fingerprint density at radius 1 is 1.00 bits per heavy atom. The largest absolute Gasteiger partial charge is 0.494 e.